The summed E-state index contributed by atoms with van der Waals surface area (Å²) < 4.78 is 0. The number of likely N-dealkylation sites (tertiary alicyclic amines) is 1. The van der Waals surface area contributed by atoms with E-state index < -0.39 is 0 Å². The Bertz CT molecular complexity index is 231. The Hall–Kier alpha value is -0.120. The molecule has 0 spiro atoms. The van der Waals surface area contributed by atoms with Crippen LogP contribution in [0, 0.1) is 5.92 Å². The van der Waals surface area contributed by atoms with Crippen LogP contribution >= 0.6 is 0 Å². The standard InChI is InChI=1S/C16H34N2O/c1-3-7-15-8-6-12-18(13-9-15)11-5-4-10-16(2,17)14-19/h15,19H,3-14,17H2,1-2H3. The van der Waals surface area contributed by atoms with E-state index in [9.17, 15) is 0 Å². The van der Waals surface area contributed by atoms with Crippen LogP contribution in [0.1, 0.15) is 65.2 Å². The molecule has 1 saturated heterocycles. The molecular formula is C16H34N2O. The fraction of sp³-hybridized carbons (Fsp3) is 1.00. The van der Waals surface area contributed by atoms with Crippen LogP contribution in [0.15, 0.2) is 0 Å². The fourth-order valence-corrected chi connectivity index (χ4v) is 3.09. The van der Waals surface area contributed by atoms with Crippen molar-refractivity contribution in [1.29, 1.82) is 0 Å². The van der Waals surface area contributed by atoms with Gasteiger partial charge in [0.25, 0.3) is 0 Å². The number of nitrogens with two attached hydrogens (primary N) is 1. The van der Waals surface area contributed by atoms with Gasteiger partial charge in [-0.25, -0.2) is 0 Å². The molecular weight excluding hydrogens is 236 g/mol. The van der Waals surface area contributed by atoms with E-state index in [-0.39, 0.29) is 12.1 Å². The molecule has 2 atom stereocenters. The third kappa shape index (κ3) is 7.28. The molecule has 0 radical (unpaired) electrons. The van der Waals surface area contributed by atoms with E-state index in [2.05, 4.69) is 11.8 Å². The fourth-order valence-electron chi connectivity index (χ4n) is 3.09. The van der Waals surface area contributed by atoms with Crippen LogP contribution in [0.4, 0.5) is 0 Å². The number of unbranched alkanes of at least 4 members (excludes halogenated alkanes) is 1. The number of rotatable bonds is 8. The number of hydrogen-bond acceptors (Lipinski definition) is 3. The van der Waals surface area contributed by atoms with Crippen LogP contribution in [0.3, 0.4) is 0 Å². The number of aliphatic hydroxyl groups is 1. The second-order valence-electron chi connectivity index (χ2n) is 6.70. The minimum Gasteiger partial charge on any atom is -0.394 e. The summed E-state index contributed by atoms with van der Waals surface area (Å²) in [6.45, 7) is 8.10. The highest BCUT2D eigenvalue weighted by Crippen LogP contribution is 2.22. The molecule has 0 aromatic heterocycles. The van der Waals surface area contributed by atoms with Gasteiger partial charge in [0, 0.05) is 5.54 Å². The van der Waals surface area contributed by atoms with Crippen LogP contribution in [0.25, 0.3) is 0 Å². The molecule has 1 fully saturated rings. The molecule has 114 valence electrons. The normalized spacial score (nSPS) is 24.9. The highest BCUT2D eigenvalue weighted by Gasteiger charge is 2.18. The molecule has 3 N–H and O–H groups in total. The third-order valence-corrected chi connectivity index (χ3v) is 4.47. The molecule has 0 aromatic carbocycles. The van der Waals surface area contributed by atoms with Gasteiger partial charge in [0.1, 0.15) is 0 Å². The van der Waals surface area contributed by atoms with Crippen molar-refractivity contribution in [3.05, 3.63) is 0 Å². The van der Waals surface area contributed by atoms with Crippen molar-refractivity contribution in [3.63, 3.8) is 0 Å². The predicted molar refractivity (Wildman–Crippen MR) is 82.2 cm³/mol. The Morgan fingerprint density at radius 3 is 2.74 bits per heavy atom. The van der Waals surface area contributed by atoms with Crippen molar-refractivity contribution in [2.24, 2.45) is 11.7 Å². The minimum atomic E-state index is -0.384. The molecule has 1 aliphatic heterocycles. The Labute approximate surface area is 119 Å². The van der Waals surface area contributed by atoms with Crippen molar-refractivity contribution in [1.82, 2.24) is 4.90 Å². The van der Waals surface area contributed by atoms with Gasteiger partial charge in [-0.3, -0.25) is 0 Å². The highest BCUT2D eigenvalue weighted by molar-refractivity contribution is 4.77. The first kappa shape index (κ1) is 16.9. The second-order valence-corrected chi connectivity index (χ2v) is 6.70. The molecule has 0 amide bonds. The number of hydrogen-bond donors (Lipinski definition) is 2. The third-order valence-electron chi connectivity index (χ3n) is 4.47. The summed E-state index contributed by atoms with van der Waals surface area (Å²) in [6.07, 6.45) is 10.2. The zero-order valence-electron chi connectivity index (χ0n) is 13.0. The van der Waals surface area contributed by atoms with Crippen molar-refractivity contribution in [3.8, 4) is 0 Å². The lowest BCUT2D eigenvalue weighted by Crippen LogP contribution is -2.40. The second kappa shape index (κ2) is 8.93. The summed E-state index contributed by atoms with van der Waals surface area (Å²) in [6, 6.07) is 0. The lowest BCUT2D eigenvalue weighted by atomic mass is 9.96. The smallest absolute Gasteiger partial charge is 0.0608 e. The van der Waals surface area contributed by atoms with Gasteiger partial charge in [0.15, 0.2) is 0 Å². The van der Waals surface area contributed by atoms with Crippen LogP contribution in [0.2, 0.25) is 0 Å². The van der Waals surface area contributed by atoms with E-state index in [0.29, 0.717) is 0 Å². The maximum Gasteiger partial charge on any atom is 0.0608 e. The highest BCUT2D eigenvalue weighted by atomic mass is 16.3. The van der Waals surface area contributed by atoms with E-state index in [0.717, 1.165) is 18.8 Å². The molecule has 0 saturated carbocycles. The van der Waals surface area contributed by atoms with E-state index in [1.54, 1.807) is 0 Å². The molecule has 3 nitrogen and oxygen atoms in total. The number of aliphatic hydroxyl groups excluding tert-OH is 1. The average Bonchev–Trinajstić information content (AvgIpc) is 2.61. The monoisotopic (exact) mass is 270 g/mol. The SMILES string of the molecule is CCCC1CCCN(CCCCC(C)(N)CO)CC1. The van der Waals surface area contributed by atoms with Gasteiger partial charge >= 0.3 is 0 Å². The van der Waals surface area contributed by atoms with Gasteiger partial charge in [-0.05, 0) is 64.6 Å². The summed E-state index contributed by atoms with van der Waals surface area (Å²) in [5.41, 5.74) is 5.56. The molecule has 0 aromatic rings. The zero-order chi connectivity index (χ0) is 14.1. The van der Waals surface area contributed by atoms with E-state index in [1.165, 1.54) is 58.2 Å². The summed E-state index contributed by atoms with van der Waals surface area (Å²) >= 11 is 0. The van der Waals surface area contributed by atoms with E-state index in [4.69, 9.17) is 10.8 Å². The van der Waals surface area contributed by atoms with Gasteiger partial charge < -0.3 is 15.7 Å². The van der Waals surface area contributed by atoms with Gasteiger partial charge in [-0.1, -0.05) is 26.2 Å². The quantitative estimate of drug-likeness (QED) is 0.667. The lowest BCUT2D eigenvalue weighted by Gasteiger charge is -2.23. The molecule has 1 rings (SSSR count). The maximum absolute atomic E-state index is 9.12. The Morgan fingerprint density at radius 1 is 1.26 bits per heavy atom. The van der Waals surface area contributed by atoms with E-state index in [1.807, 2.05) is 6.92 Å². The summed E-state index contributed by atoms with van der Waals surface area (Å²) in [5.74, 6) is 0.969. The Balaban J connectivity index is 2.13. The first-order valence-electron chi connectivity index (χ1n) is 8.19. The summed E-state index contributed by atoms with van der Waals surface area (Å²) in [7, 11) is 0. The topological polar surface area (TPSA) is 49.5 Å². The van der Waals surface area contributed by atoms with Crippen LogP contribution < -0.4 is 5.73 Å². The van der Waals surface area contributed by atoms with Crippen molar-refractivity contribution in [2.75, 3.05) is 26.2 Å². The van der Waals surface area contributed by atoms with Crippen molar-refractivity contribution in [2.45, 2.75) is 70.8 Å². The van der Waals surface area contributed by atoms with Gasteiger partial charge in [-0.15, -0.1) is 0 Å². The molecule has 3 heteroatoms. The molecule has 2 unspecified atom stereocenters. The minimum absolute atomic E-state index is 0.0927. The lowest BCUT2D eigenvalue weighted by molar-refractivity contribution is 0.194. The summed E-state index contributed by atoms with van der Waals surface area (Å²) in [5, 5.41) is 9.12. The molecule has 1 aliphatic rings. The first-order valence-corrected chi connectivity index (χ1v) is 8.19. The van der Waals surface area contributed by atoms with Crippen LogP contribution in [-0.2, 0) is 0 Å². The van der Waals surface area contributed by atoms with Crippen molar-refractivity contribution >= 4 is 0 Å². The predicted octanol–water partition coefficient (Wildman–Crippen LogP) is 2.77. The molecule has 0 bridgehead atoms. The van der Waals surface area contributed by atoms with Gasteiger partial charge in [-0.2, -0.15) is 0 Å². The Morgan fingerprint density at radius 2 is 2.05 bits per heavy atom. The average molecular weight is 270 g/mol. The van der Waals surface area contributed by atoms with Gasteiger partial charge in [0.05, 0.1) is 6.61 Å². The molecule has 1 heterocycles. The first-order chi connectivity index (χ1) is 9.07. The Kier molecular flexibility index (Phi) is 7.96. The number of nitrogens with zero attached hydrogens (tertiary/aromatic N) is 1. The van der Waals surface area contributed by atoms with E-state index >= 15 is 0 Å². The molecule has 0 aliphatic carbocycles. The van der Waals surface area contributed by atoms with Crippen LogP contribution in [0.5, 0.6) is 0 Å². The van der Waals surface area contributed by atoms with Crippen molar-refractivity contribution < 1.29 is 5.11 Å². The van der Waals surface area contributed by atoms with Gasteiger partial charge in [0.2, 0.25) is 0 Å². The molecule has 19 heavy (non-hydrogen) atoms. The zero-order valence-corrected chi connectivity index (χ0v) is 13.0. The summed E-state index contributed by atoms with van der Waals surface area (Å²) in [4.78, 5) is 2.63. The maximum atomic E-state index is 9.12. The van der Waals surface area contributed by atoms with Crippen LogP contribution in [-0.4, -0.2) is 41.8 Å². The largest absolute Gasteiger partial charge is 0.394 e.